The van der Waals surface area contributed by atoms with Crippen molar-refractivity contribution < 1.29 is 8.85 Å². The smallest absolute Gasteiger partial charge is 0.192 e. The van der Waals surface area contributed by atoms with Gasteiger partial charge in [0.2, 0.25) is 0 Å². The van der Waals surface area contributed by atoms with E-state index in [1.165, 1.54) is 17.8 Å². The molecule has 0 aliphatic carbocycles. The Bertz CT molecular complexity index is 271. The fourth-order valence-electron chi connectivity index (χ4n) is 2.97. The third kappa shape index (κ3) is 8.28. The van der Waals surface area contributed by atoms with Gasteiger partial charge in [-0.1, -0.05) is 13.8 Å². The van der Waals surface area contributed by atoms with Gasteiger partial charge >= 0.3 is 0 Å². The molecule has 4 heteroatoms. The van der Waals surface area contributed by atoms with Crippen molar-refractivity contribution in [2.24, 2.45) is 0 Å². The summed E-state index contributed by atoms with van der Waals surface area (Å²) in [4.78, 5) is 0. The zero-order chi connectivity index (χ0) is 15.5. The van der Waals surface area contributed by atoms with E-state index >= 15 is 0 Å². The summed E-state index contributed by atoms with van der Waals surface area (Å²) >= 11 is 0. The van der Waals surface area contributed by atoms with Crippen LogP contribution in [0.4, 0.5) is 0 Å². The molecular formula is C15H36O2Si2. The number of rotatable bonds is 6. The molecule has 0 spiro atoms. The molecule has 0 aromatic heterocycles. The second kappa shape index (κ2) is 6.41. The van der Waals surface area contributed by atoms with Crippen LogP contribution < -0.4 is 0 Å². The van der Waals surface area contributed by atoms with Gasteiger partial charge in [0.05, 0.1) is 0 Å². The lowest BCUT2D eigenvalue weighted by Gasteiger charge is -2.42. The van der Waals surface area contributed by atoms with Gasteiger partial charge in [0, 0.05) is 11.2 Å². The highest BCUT2D eigenvalue weighted by atomic mass is 28.4. The molecule has 0 amide bonds. The zero-order valence-electron chi connectivity index (χ0n) is 14.9. The Morgan fingerprint density at radius 1 is 0.737 bits per heavy atom. The van der Waals surface area contributed by atoms with Crippen LogP contribution in [0.5, 0.6) is 0 Å². The first-order valence-corrected chi connectivity index (χ1v) is 13.3. The Labute approximate surface area is 123 Å². The van der Waals surface area contributed by atoms with Crippen molar-refractivity contribution in [1.82, 2.24) is 0 Å². The Morgan fingerprint density at radius 2 is 1.11 bits per heavy atom. The molecule has 0 bridgehead atoms. The molecule has 0 N–H and O–H groups in total. The van der Waals surface area contributed by atoms with E-state index in [4.69, 9.17) is 8.85 Å². The van der Waals surface area contributed by atoms with Gasteiger partial charge in [-0.3, -0.25) is 0 Å². The van der Waals surface area contributed by atoms with Gasteiger partial charge < -0.3 is 8.85 Å². The maximum atomic E-state index is 6.57. The highest BCUT2D eigenvalue weighted by Crippen LogP contribution is 2.33. The first kappa shape index (κ1) is 19.4. The summed E-state index contributed by atoms with van der Waals surface area (Å²) in [6.45, 7) is 22.3. The van der Waals surface area contributed by atoms with Gasteiger partial charge in [-0.25, -0.2) is 0 Å². The third-order valence-electron chi connectivity index (χ3n) is 3.14. The van der Waals surface area contributed by atoms with Crippen molar-refractivity contribution in [2.75, 3.05) is 0 Å². The van der Waals surface area contributed by atoms with Crippen LogP contribution in [0.3, 0.4) is 0 Å². The molecular weight excluding hydrogens is 268 g/mol. The summed E-state index contributed by atoms with van der Waals surface area (Å²) in [6, 6.07) is 2.37. The third-order valence-corrected chi connectivity index (χ3v) is 13.9. The first-order chi connectivity index (χ1) is 8.24. The van der Waals surface area contributed by atoms with E-state index in [2.05, 4.69) is 68.5 Å². The second-order valence-electron chi connectivity index (χ2n) is 8.26. The molecule has 0 atom stereocenters. The Hall–Kier alpha value is 0.354. The van der Waals surface area contributed by atoms with Crippen molar-refractivity contribution in [3.05, 3.63) is 0 Å². The fourth-order valence-corrected chi connectivity index (χ4v) is 15.5. The average molecular weight is 305 g/mol. The average Bonchev–Trinajstić information content (AvgIpc) is 2.09. The van der Waals surface area contributed by atoms with Crippen LogP contribution in [0.25, 0.3) is 0 Å². The van der Waals surface area contributed by atoms with Crippen LogP contribution in [0.2, 0.25) is 30.8 Å². The van der Waals surface area contributed by atoms with Crippen molar-refractivity contribution in [3.63, 3.8) is 0 Å². The van der Waals surface area contributed by atoms with E-state index in [0.29, 0.717) is 0 Å². The normalized spacial score (nSPS) is 14.8. The molecule has 0 unspecified atom stereocenters. The van der Waals surface area contributed by atoms with E-state index in [-0.39, 0.29) is 11.2 Å². The molecule has 0 radical (unpaired) electrons. The second-order valence-corrected chi connectivity index (χ2v) is 17.4. The number of hydrogen-bond acceptors (Lipinski definition) is 2. The van der Waals surface area contributed by atoms with Crippen molar-refractivity contribution in [1.29, 1.82) is 0 Å². The SMILES string of the molecule is CC[Si](CC)(C[Si](C)(C)OC(C)(C)C)OC(C)(C)C. The van der Waals surface area contributed by atoms with Gasteiger partial charge in [-0.05, 0) is 72.4 Å². The summed E-state index contributed by atoms with van der Waals surface area (Å²) in [5, 5.41) is 0. The lowest BCUT2D eigenvalue weighted by Crippen LogP contribution is -2.52. The quantitative estimate of drug-likeness (QED) is 0.616. The molecule has 0 aromatic carbocycles. The monoisotopic (exact) mass is 304 g/mol. The van der Waals surface area contributed by atoms with E-state index in [9.17, 15) is 0 Å². The molecule has 116 valence electrons. The standard InChI is InChI=1S/C15H36O2Si2/c1-11-19(12-2,17-15(6,7)8)13-18(9,10)16-14(3,4)5/h11-13H2,1-10H3. The minimum absolute atomic E-state index is 0.0372. The molecule has 19 heavy (non-hydrogen) atoms. The molecule has 0 rings (SSSR count). The van der Waals surface area contributed by atoms with Gasteiger partial charge in [0.1, 0.15) is 0 Å². The minimum Gasteiger partial charge on any atom is -0.413 e. The topological polar surface area (TPSA) is 18.5 Å². The molecule has 0 aliphatic rings. The van der Waals surface area contributed by atoms with Crippen LogP contribution in [-0.4, -0.2) is 27.8 Å². The highest BCUT2D eigenvalue weighted by Gasteiger charge is 2.43. The molecule has 2 nitrogen and oxygen atoms in total. The molecule has 0 saturated heterocycles. The first-order valence-electron chi connectivity index (χ1n) is 7.64. The molecule has 0 fully saturated rings. The van der Waals surface area contributed by atoms with Crippen molar-refractivity contribution >= 4 is 16.6 Å². The summed E-state index contributed by atoms with van der Waals surface area (Å²) in [5.41, 5.74) is 1.12. The van der Waals surface area contributed by atoms with Gasteiger partial charge in [-0.15, -0.1) is 0 Å². The predicted molar refractivity (Wildman–Crippen MR) is 90.7 cm³/mol. The number of hydrogen-bond donors (Lipinski definition) is 0. The Morgan fingerprint density at radius 3 is 1.37 bits per heavy atom. The molecule has 0 heterocycles. The van der Waals surface area contributed by atoms with Gasteiger partial charge in [0.25, 0.3) is 0 Å². The lowest BCUT2D eigenvalue weighted by molar-refractivity contribution is 0.109. The van der Waals surface area contributed by atoms with Crippen LogP contribution in [0, 0.1) is 0 Å². The van der Waals surface area contributed by atoms with Gasteiger partial charge in [0.15, 0.2) is 16.6 Å². The summed E-state index contributed by atoms with van der Waals surface area (Å²) in [6.07, 6.45) is 0. The van der Waals surface area contributed by atoms with Crippen LogP contribution in [0.15, 0.2) is 0 Å². The van der Waals surface area contributed by atoms with Crippen LogP contribution in [-0.2, 0) is 8.85 Å². The minimum atomic E-state index is -1.68. The molecule has 0 aromatic rings. The van der Waals surface area contributed by atoms with Crippen molar-refractivity contribution in [3.8, 4) is 0 Å². The van der Waals surface area contributed by atoms with Crippen molar-refractivity contribution in [2.45, 2.75) is 97.4 Å². The highest BCUT2D eigenvalue weighted by molar-refractivity contribution is 6.90. The van der Waals surface area contributed by atoms with Gasteiger partial charge in [-0.2, -0.15) is 0 Å². The Kier molecular flexibility index (Phi) is 6.53. The lowest BCUT2D eigenvalue weighted by atomic mass is 10.2. The van der Waals surface area contributed by atoms with E-state index < -0.39 is 16.6 Å². The largest absolute Gasteiger partial charge is 0.413 e. The summed E-state index contributed by atoms with van der Waals surface area (Å²) < 4.78 is 13.0. The maximum Gasteiger partial charge on any atom is 0.192 e. The fraction of sp³-hybridized carbons (Fsp3) is 1.00. The Balaban J connectivity index is 5.02. The maximum absolute atomic E-state index is 6.57. The van der Waals surface area contributed by atoms with E-state index in [1.807, 2.05) is 0 Å². The van der Waals surface area contributed by atoms with E-state index in [1.54, 1.807) is 0 Å². The molecule has 0 aliphatic heterocycles. The summed E-state index contributed by atoms with van der Waals surface area (Å²) in [5.74, 6) is 0. The zero-order valence-corrected chi connectivity index (χ0v) is 16.9. The predicted octanol–water partition coefficient (Wildman–Crippen LogP) is 5.35. The molecule has 0 saturated carbocycles. The van der Waals surface area contributed by atoms with E-state index in [0.717, 1.165) is 0 Å². The van der Waals surface area contributed by atoms with Crippen LogP contribution >= 0.6 is 0 Å². The summed E-state index contributed by atoms with van der Waals surface area (Å²) in [7, 11) is -3.36. The van der Waals surface area contributed by atoms with Crippen LogP contribution in [0.1, 0.15) is 55.4 Å².